The lowest BCUT2D eigenvalue weighted by Crippen LogP contribution is -2.24. The first-order valence-electron chi connectivity index (χ1n) is 7.74. The number of hydrogen-bond acceptors (Lipinski definition) is 9. The molecule has 0 bridgehead atoms. The Labute approximate surface area is 154 Å². The molecule has 27 heavy (non-hydrogen) atoms. The van der Waals surface area contributed by atoms with E-state index in [1.165, 1.54) is 19.4 Å². The number of fused-ring (bicyclic) bond motifs is 1. The van der Waals surface area contributed by atoms with Crippen molar-refractivity contribution in [3.05, 3.63) is 40.9 Å². The van der Waals surface area contributed by atoms with Crippen molar-refractivity contribution in [3.63, 3.8) is 0 Å². The summed E-state index contributed by atoms with van der Waals surface area (Å²) in [6.07, 6.45) is 2.12. The van der Waals surface area contributed by atoms with Gasteiger partial charge in [-0.15, -0.1) is 0 Å². The zero-order valence-electron chi connectivity index (χ0n) is 15.2. The third-order valence-electron chi connectivity index (χ3n) is 4.08. The summed E-state index contributed by atoms with van der Waals surface area (Å²) in [5.41, 5.74) is 0.138. The predicted octanol–water partition coefficient (Wildman–Crippen LogP) is 1.14. The molecular weight excluding hydrogens is 360 g/mol. The van der Waals surface area contributed by atoms with Gasteiger partial charge in [0.25, 0.3) is 0 Å². The SMILES string of the molecule is COC(=O)/C=C(\C(=O)OC)C1CC(C(=O)OC)=C(C(=O)OC)c2ccoc21. The molecule has 1 heterocycles. The van der Waals surface area contributed by atoms with Crippen LogP contribution in [0.1, 0.15) is 23.7 Å². The minimum Gasteiger partial charge on any atom is -0.468 e. The van der Waals surface area contributed by atoms with Crippen molar-refractivity contribution in [3.8, 4) is 0 Å². The Balaban J connectivity index is 2.69. The third-order valence-corrected chi connectivity index (χ3v) is 4.08. The zero-order valence-corrected chi connectivity index (χ0v) is 15.2. The number of rotatable bonds is 5. The Morgan fingerprint density at radius 2 is 1.67 bits per heavy atom. The average molecular weight is 378 g/mol. The third kappa shape index (κ3) is 3.76. The van der Waals surface area contributed by atoms with Crippen molar-refractivity contribution in [2.45, 2.75) is 12.3 Å². The van der Waals surface area contributed by atoms with Crippen LogP contribution in [0.2, 0.25) is 0 Å². The highest BCUT2D eigenvalue weighted by Gasteiger charge is 2.40. The summed E-state index contributed by atoms with van der Waals surface area (Å²) in [4.78, 5) is 48.5. The summed E-state index contributed by atoms with van der Waals surface area (Å²) in [7, 11) is 4.64. The molecule has 0 spiro atoms. The molecule has 144 valence electrons. The maximum absolute atomic E-state index is 12.3. The fourth-order valence-electron chi connectivity index (χ4n) is 2.86. The first kappa shape index (κ1) is 20.0. The van der Waals surface area contributed by atoms with E-state index < -0.39 is 29.8 Å². The van der Waals surface area contributed by atoms with Gasteiger partial charge in [-0.05, 0) is 12.5 Å². The minimum absolute atomic E-state index is 0.0112. The quantitative estimate of drug-likeness (QED) is 0.422. The highest BCUT2D eigenvalue weighted by Crippen LogP contribution is 2.44. The Morgan fingerprint density at radius 3 is 2.22 bits per heavy atom. The summed E-state index contributed by atoms with van der Waals surface area (Å²) in [6.45, 7) is 0. The average Bonchev–Trinajstić information content (AvgIpc) is 3.18. The number of methoxy groups -OCH3 is 4. The van der Waals surface area contributed by atoms with Gasteiger partial charge in [0, 0.05) is 11.6 Å². The number of esters is 4. The second-order valence-electron chi connectivity index (χ2n) is 5.41. The van der Waals surface area contributed by atoms with E-state index in [2.05, 4.69) is 4.74 Å². The van der Waals surface area contributed by atoms with E-state index in [0.29, 0.717) is 0 Å². The van der Waals surface area contributed by atoms with Crippen LogP contribution in [-0.4, -0.2) is 52.3 Å². The molecule has 9 nitrogen and oxygen atoms in total. The second kappa shape index (κ2) is 8.35. The molecule has 0 saturated heterocycles. The highest BCUT2D eigenvalue weighted by molar-refractivity contribution is 6.23. The van der Waals surface area contributed by atoms with Crippen LogP contribution < -0.4 is 0 Å². The molecule has 1 aliphatic carbocycles. The van der Waals surface area contributed by atoms with Gasteiger partial charge in [0.1, 0.15) is 5.76 Å². The largest absolute Gasteiger partial charge is 0.468 e. The maximum atomic E-state index is 12.3. The first-order valence-corrected chi connectivity index (χ1v) is 7.74. The van der Waals surface area contributed by atoms with Crippen LogP contribution in [0.5, 0.6) is 0 Å². The summed E-state index contributed by atoms with van der Waals surface area (Å²) in [6, 6.07) is 1.46. The molecule has 0 N–H and O–H groups in total. The normalized spacial score (nSPS) is 16.3. The number of furan rings is 1. The lowest BCUT2D eigenvalue weighted by Gasteiger charge is -2.25. The van der Waals surface area contributed by atoms with Crippen LogP contribution in [0.15, 0.2) is 34.0 Å². The molecule has 1 aromatic heterocycles. The van der Waals surface area contributed by atoms with Gasteiger partial charge in [0.05, 0.1) is 57.3 Å². The monoisotopic (exact) mass is 378 g/mol. The van der Waals surface area contributed by atoms with E-state index in [4.69, 9.17) is 18.6 Å². The van der Waals surface area contributed by atoms with E-state index in [1.807, 2.05) is 0 Å². The van der Waals surface area contributed by atoms with E-state index in [1.54, 1.807) is 0 Å². The zero-order chi connectivity index (χ0) is 20.1. The van der Waals surface area contributed by atoms with Gasteiger partial charge in [0.15, 0.2) is 0 Å². The Bertz CT molecular complexity index is 841. The molecule has 0 saturated carbocycles. The molecule has 1 aliphatic rings. The molecule has 1 unspecified atom stereocenters. The minimum atomic E-state index is -0.871. The van der Waals surface area contributed by atoms with Crippen LogP contribution in [0.4, 0.5) is 0 Å². The van der Waals surface area contributed by atoms with Gasteiger partial charge < -0.3 is 23.4 Å². The standard InChI is InChI=1S/C18H18O9/c1-23-13(19)8-11(16(20)24-2)10-7-12(17(21)25-3)14(18(22)26-4)9-5-6-27-15(9)10/h5-6,8,10H,7H2,1-4H3/b11-8-. The molecule has 0 aromatic carbocycles. The van der Waals surface area contributed by atoms with Crippen LogP contribution in [0.3, 0.4) is 0 Å². The number of carbonyl (C=O) groups excluding carboxylic acids is 4. The summed E-state index contributed by atoms with van der Waals surface area (Å²) >= 11 is 0. The molecule has 0 radical (unpaired) electrons. The van der Waals surface area contributed by atoms with Gasteiger partial charge in [-0.25, -0.2) is 19.2 Å². The van der Waals surface area contributed by atoms with Crippen molar-refractivity contribution in [2.75, 3.05) is 28.4 Å². The van der Waals surface area contributed by atoms with Crippen molar-refractivity contribution in [2.24, 2.45) is 0 Å². The highest BCUT2D eigenvalue weighted by atomic mass is 16.5. The summed E-state index contributed by atoms with van der Waals surface area (Å²) < 4.78 is 24.3. The van der Waals surface area contributed by atoms with Gasteiger partial charge in [-0.2, -0.15) is 0 Å². The van der Waals surface area contributed by atoms with E-state index >= 15 is 0 Å². The van der Waals surface area contributed by atoms with Crippen LogP contribution in [0.25, 0.3) is 5.57 Å². The number of hydrogen-bond donors (Lipinski definition) is 0. The fraction of sp³-hybridized carbons (Fsp3) is 0.333. The van der Waals surface area contributed by atoms with E-state index in [9.17, 15) is 19.2 Å². The van der Waals surface area contributed by atoms with E-state index in [-0.39, 0.29) is 34.5 Å². The fourth-order valence-corrected chi connectivity index (χ4v) is 2.86. The van der Waals surface area contributed by atoms with E-state index in [0.717, 1.165) is 27.4 Å². The van der Waals surface area contributed by atoms with Gasteiger partial charge in [0.2, 0.25) is 0 Å². The predicted molar refractivity (Wildman–Crippen MR) is 89.1 cm³/mol. The molecule has 0 fully saturated rings. The topological polar surface area (TPSA) is 118 Å². The molecule has 2 rings (SSSR count). The molecule has 1 atom stereocenters. The number of ether oxygens (including phenoxy) is 4. The lowest BCUT2D eigenvalue weighted by atomic mass is 9.79. The second-order valence-corrected chi connectivity index (χ2v) is 5.41. The molecule has 9 heteroatoms. The Kier molecular flexibility index (Phi) is 6.17. The van der Waals surface area contributed by atoms with Crippen molar-refractivity contribution in [1.29, 1.82) is 0 Å². The Hall–Kier alpha value is -3.36. The van der Waals surface area contributed by atoms with Crippen LogP contribution in [-0.2, 0) is 38.1 Å². The van der Waals surface area contributed by atoms with Gasteiger partial charge in [-0.1, -0.05) is 0 Å². The van der Waals surface area contributed by atoms with Crippen LogP contribution >= 0.6 is 0 Å². The number of carbonyl (C=O) groups is 4. The first-order chi connectivity index (χ1) is 12.9. The molecule has 0 amide bonds. The molecule has 0 aliphatic heterocycles. The lowest BCUT2D eigenvalue weighted by molar-refractivity contribution is -0.139. The Morgan fingerprint density at radius 1 is 1.00 bits per heavy atom. The maximum Gasteiger partial charge on any atom is 0.339 e. The smallest absolute Gasteiger partial charge is 0.339 e. The molecule has 1 aromatic rings. The van der Waals surface area contributed by atoms with Crippen molar-refractivity contribution >= 4 is 29.5 Å². The van der Waals surface area contributed by atoms with Crippen molar-refractivity contribution in [1.82, 2.24) is 0 Å². The molecular formula is C18H18O9. The van der Waals surface area contributed by atoms with Gasteiger partial charge >= 0.3 is 23.9 Å². The van der Waals surface area contributed by atoms with Gasteiger partial charge in [-0.3, -0.25) is 0 Å². The summed E-state index contributed by atoms with van der Waals surface area (Å²) in [5, 5.41) is 0. The van der Waals surface area contributed by atoms with Crippen molar-refractivity contribution < 1.29 is 42.5 Å². The summed E-state index contributed by atoms with van der Waals surface area (Å²) in [5.74, 6) is -3.78. The van der Waals surface area contributed by atoms with Crippen LogP contribution in [0, 0.1) is 0 Å².